The van der Waals surface area contributed by atoms with Crippen molar-refractivity contribution in [2.45, 2.75) is 59.3 Å². The molecule has 116 valence electrons. The van der Waals surface area contributed by atoms with Crippen LogP contribution in [0.2, 0.25) is 0 Å². The first-order valence-corrected chi connectivity index (χ1v) is 8.54. The molecule has 1 N–H and O–H groups in total. The molecule has 3 nitrogen and oxygen atoms in total. The van der Waals surface area contributed by atoms with Crippen molar-refractivity contribution in [2.24, 2.45) is 17.3 Å². The Morgan fingerprint density at radius 2 is 2.05 bits per heavy atom. The summed E-state index contributed by atoms with van der Waals surface area (Å²) in [6, 6.07) is 0. The predicted octanol–water partition coefficient (Wildman–Crippen LogP) is 3.05. The van der Waals surface area contributed by atoms with Crippen LogP contribution >= 0.6 is 0 Å². The number of piperidine rings is 1. The molecule has 1 aliphatic carbocycles. The smallest absolute Gasteiger partial charge is 0.226 e. The minimum absolute atomic E-state index is 0.188. The number of amides is 1. The first kappa shape index (κ1) is 15.8. The van der Waals surface area contributed by atoms with Gasteiger partial charge >= 0.3 is 0 Å². The zero-order valence-electron chi connectivity index (χ0n) is 13.6. The van der Waals surface area contributed by atoms with Crippen molar-refractivity contribution >= 4 is 5.91 Å². The highest BCUT2D eigenvalue weighted by Crippen LogP contribution is 2.41. The third-order valence-electron chi connectivity index (χ3n) is 5.38. The predicted molar refractivity (Wildman–Crippen MR) is 83.6 cm³/mol. The molecule has 2 unspecified atom stereocenters. The zero-order valence-corrected chi connectivity index (χ0v) is 13.6. The highest BCUT2D eigenvalue weighted by Gasteiger charge is 2.39. The van der Waals surface area contributed by atoms with Gasteiger partial charge in [-0.3, -0.25) is 4.79 Å². The summed E-state index contributed by atoms with van der Waals surface area (Å²) in [6.45, 7) is 10.7. The largest absolute Gasteiger partial charge is 0.342 e. The highest BCUT2D eigenvalue weighted by molar-refractivity contribution is 5.79. The van der Waals surface area contributed by atoms with Gasteiger partial charge in [-0.15, -0.1) is 0 Å². The Morgan fingerprint density at radius 1 is 1.25 bits per heavy atom. The van der Waals surface area contributed by atoms with Gasteiger partial charge in [-0.25, -0.2) is 0 Å². The number of nitrogens with zero attached hydrogens (tertiary/aromatic N) is 1. The maximum Gasteiger partial charge on any atom is 0.226 e. The zero-order chi connectivity index (χ0) is 14.6. The van der Waals surface area contributed by atoms with Crippen LogP contribution in [0.15, 0.2) is 0 Å². The van der Waals surface area contributed by atoms with Gasteiger partial charge in [0.25, 0.3) is 0 Å². The summed E-state index contributed by atoms with van der Waals surface area (Å²) in [6.07, 6.45) is 7.32. The van der Waals surface area contributed by atoms with Crippen molar-refractivity contribution in [1.29, 1.82) is 0 Å². The molecule has 1 saturated heterocycles. The highest BCUT2D eigenvalue weighted by atomic mass is 16.2. The molecule has 1 aliphatic heterocycles. The van der Waals surface area contributed by atoms with E-state index in [-0.39, 0.29) is 11.3 Å². The maximum atomic E-state index is 12.9. The summed E-state index contributed by atoms with van der Waals surface area (Å²) in [5.41, 5.74) is 0.188. The van der Waals surface area contributed by atoms with Crippen LogP contribution in [-0.2, 0) is 4.79 Å². The Kier molecular flexibility index (Phi) is 5.48. The summed E-state index contributed by atoms with van der Waals surface area (Å²) in [7, 11) is 0. The third-order valence-corrected chi connectivity index (χ3v) is 5.38. The Hall–Kier alpha value is -0.570. The van der Waals surface area contributed by atoms with Gasteiger partial charge in [0.15, 0.2) is 0 Å². The van der Waals surface area contributed by atoms with E-state index in [0.717, 1.165) is 32.6 Å². The van der Waals surface area contributed by atoms with E-state index in [1.807, 2.05) is 0 Å². The molecule has 0 spiro atoms. The molecular formula is C17H32N2O. The van der Waals surface area contributed by atoms with E-state index >= 15 is 0 Å². The SMILES string of the molecule is CCN(CC1CCCNC1)C(=O)C1CCCCC1(C)C. The molecule has 3 heteroatoms. The van der Waals surface area contributed by atoms with E-state index in [0.29, 0.717) is 11.8 Å². The van der Waals surface area contributed by atoms with Gasteiger partial charge in [0.2, 0.25) is 5.91 Å². The molecule has 20 heavy (non-hydrogen) atoms. The lowest BCUT2D eigenvalue weighted by Gasteiger charge is -2.41. The van der Waals surface area contributed by atoms with E-state index in [4.69, 9.17) is 0 Å². The van der Waals surface area contributed by atoms with Crippen LogP contribution in [0, 0.1) is 17.3 Å². The number of hydrogen-bond acceptors (Lipinski definition) is 2. The lowest BCUT2D eigenvalue weighted by atomic mass is 9.68. The van der Waals surface area contributed by atoms with Crippen LogP contribution in [0.3, 0.4) is 0 Å². The first-order valence-electron chi connectivity index (χ1n) is 8.54. The van der Waals surface area contributed by atoms with E-state index < -0.39 is 0 Å². The fourth-order valence-corrected chi connectivity index (χ4v) is 3.94. The van der Waals surface area contributed by atoms with Gasteiger partial charge in [0, 0.05) is 19.0 Å². The molecule has 0 aromatic heterocycles. The van der Waals surface area contributed by atoms with Crippen LogP contribution < -0.4 is 5.32 Å². The summed E-state index contributed by atoms with van der Waals surface area (Å²) < 4.78 is 0. The van der Waals surface area contributed by atoms with Gasteiger partial charge in [-0.2, -0.15) is 0 Å². The van der Waals surface area contributed by atoms with Crippen LogP contribution in [0.25, 0.3) is 0 Å². The molecule has 2 rings (SSSR count). The molecule has 1 saturated carbocycles. The minimum atomic E-state index is 0.188. The van der Waals surface area contributed by atoms with Gasteiger partial charge in [-0.05, 0) is 57.0 Å². The van der Waals surface area contributed by atoms with Crippen LogP contribution in [0.1, 0.15) is 59.3 Å². The molecule has 0 bridgehead atoms. The fourth-order valence-electron chi connectivity index (χ4n) is 3.94. The topological polar surface area (TPSA) is 32.3 Å². The number of carbonyl (C=O) groups is 1. The minimum Gasteiger partial charge on any atom is -0.342 e. The molecule has 0 radical (unpaired) electrons. The number of carbonyl (C=O) groups excluding carboxylic acids is 1. The Morgan fingerprint density at radius 3 is 2.65 bits per heavy atom. The third kappa shape index (κ3) is 3.75. The van der Waals surface area contributed by atoms with Crippen molar-refractivity contribution in [1.82, 2.24) is 10.2 Å². The average molecular weight is 280 g/mol. The number of nitrogens with one attached hydrogen (secondary N) is 1. The van der Waals surface area contributed by atoms with Gasteiger partial charge in [-0.1, -0.05) is 26.7 Å². The van der Waals surface area contributed by atoms with E-state index in [1.54, 1.807) is 0 Å². The fraction of sp³-hybridized carbons (Fsp3) is 0.941. The Labute approximate surface area is 124 Å². The average Bonchev–Trinajstić information content (AvgIpc) is 2.45. The van der Waals surface area contributed by atoms with Crippen molar-refractivity contribution in [3.8, 4) is 0 Å². The molecule has 2 atom stereocenters. The second kappa shape index (κ2) is 6.93. The van der Waals surface area contributed by atoms with E-state index in [2.05, 4.69) is 31.0 Å². The van der Waals surface area contributed by atoms with Crippen molar-refractivity contribution < 1.29 is 4.79 Å². The second-order valence-corrected chi connectivity index (χ2v) is 7.38. The monoisotopic (exact) mass is 280 g/mol. The van der Waals surface area contributed by atoms with Gasteiger partial charge in [0.1, 0.15) is 0 Å². The molecule has 2 aliphatic rings. The molecule has 1 amide bonds. The van der Waals surface area contributed by atoms with Crippen molar-refractivity contribution in [2.75, 3.05) is 26.2 Å². The van der Waals surface area contributed by atoms with Crippen LogP contribution in [0.5, 0.6) is 0 Å². The summed E-state index contributed by atoms with van der Waals surface area (Å²) in [5.74, 6) is 1.31. The summed E-state index contributed by atoms with van der Waals surface area (Å²) in [5, 5.41) is 3.46. The Bertz CT molecular complexity index is 321. The quantitative estimate of drug-likeness (QED) is 0.858. The molecule has 0 aromatic rings. The van der Waals surface area contributed by atoms with E-state index in [9.17, 15) is 4.79 Å². The number of rotatable bonds is 4. The standard InChI is InChI=1S/C17H32N2O/c1-4-19(13-14-8-7-11-18-12-14)16(20)15-9-5-6-10-17(15,2)3/h14-15,18H,4-13H2,1-3H3. The maximum absolute atomic E-state index is 12.9. The van der Waals surface area contributed by atoms with Crippen molar-refractivity contribution in [3.63, 3.8) is 0 Å². The lowest BCUT2D eigenvalue weighted by Crippen LogP contribution is -2.47. The summed E-state index contributed by atoms with van der Waals surface area (Å²) >= 11 is 0. The van der Waals surface area contributed by atoms with E-state index in [1.165, 1.54) is 32.1 Å². The molecule has 2 fully saturated rings. The van der Waals surface area contributed by atoms with Crippen molar-refractivity contribution in [3.05, 3.63) is 0 Å². The summed E-state index contributed by atoms with van der Waals surface area (Å²) in [4.78, 5) is 15.1. The molecular weight excluding hydrogens is 248 g/mol. The lowest BCUT2D eigenvalue weighted by molar-refractivity contribution is -0.141. The van der Waals surface area contributed by atoms with Crippen LogP contribution in [-0.4, -0.2) is 37.0 Å². The normalized spacial score (nSPS) is 29.9. The second-order valence-electron chi connectivity index (χ2n) is 7.38. The van der Waals surface area contributed by atoms with Gasteiger partial charge < -0.3 is 10.2 Å². The molecule has 0 aromatic carbocycles. The number of hydrogen-bond donors (Lipinski definition) is 1. The Balaban J connectivity index is 1.96. The first-order chi connectivity index (χ1) is 9.54. The van der Waals surface area contributed by atoms with Gasteiger partial charge in [0.05, 0.1) is 0 Å². The molecule has 1 heterocycles. The van der Waals surface area contributed by atoms with Crippen LogP contribution in [0.4, 0.5) is 0 Å².